The molecule has 23 heavy (non-hydrogen) atoms. The van der Waals surface area contributed by atoms with E-state index in [1.807, 2.05) is 38.1 Å². The Hall–Kier alpha value is -2.53. The molecule has 0 saturated heterocycles. The summed E-state index contributed by atoms with van der Waals surface area (Å²) in [6.45, 7) is 6.21. The summed E-state index contributed by atoms with van der Waals surface area (Å²) in [4.78, 5) is 11.0. The molecule has 0 aliphatic heterocycles. The number of carbonyl (C=O) groups is 1. The molecule has 0 radical (unpaired) electrons. The Morgan fingerprint density at radius 3 is 2.65 bits per heavy atom. The maximum absolute atomic E-state index is 11.0. The van der Waals surface area contributed by atoms with Gasteiger partial charge in [-0.25, -0.2) is 4.79 Å². The van der Waals surface area contributed by atoms with E-state index in [0.717, 1.165) is 22.3 Å². The molecule has 2 heterocycles. The molecule has 1 atom stereocenters. The van der Waals surface area contributed by atoms with Crippen LogP contribution in [0.15, 0.2) is 39.2 Å². The highest BCUT2D eigenvalue weighted by Gasteiger charge is 2.18. The van der Waals surface area contributed by atoms with Gasteiger partial charge in [0, 0.05) is 10.9 Å². The van der Waals surface area contributed by atoms with Gasteiger partial charge in [-0.05, 0) is 38.5 Å². The minimum atomic E-state index is -1.05. The maximum Gasteiger partial charge on any atom is 0.372 e. The zero-order valence-electron chi connectivity index (χ0n) is 13.3. The molecule has 5 heteroatoms. The second-order valence-electron chi connectivity index (χ2n) is 5.72. The lowest BCUT2D eigenvalue weighted by atomic mass is 10.1. The Kier molecular flexibility index (Phi) is 3.96. The van der Waals surface area contributed by atoms with Crippen LogP contribution >= 0.6 is 0 Å². The lowest BCUT2D eigenvalue weighted by molar-refractivity contribution is 0.0659. The van der Waals surface area contributed by atoms with Crippen LogP contribution in [0.4, 0.5) is 0 Å². The Labute approximate surface area is 133 Å². The van der Waals surface area contributed by atoms with Crippen LogP contribution in [0.25, 0.3) is 11.0 Å². The molecule has 0 unspecified atom stereocenters. The van der Waals surface area contributed by atoms with Gasteiger partial charge in [0.15, 0.2) is 0 Å². The standard InChI is InChI=1S/C18H19NO4/c1-10-8-13(22-16(10)18(20)21)9-19-12(3)17-11(2)14-6-4-5-7-15(14)23-17/h4-8,12,19H,9H2,1-3H3,(H,20,21)/t12-/m0/s1. The van der Waals surface area contributed by atoms with Crippen molar-refractivity contribution in [1.82, 2.24) is 5.32 Å². The van der Waals surface area contributed by atoms with Crippen molar-refractivity contribution in [2.24, 2.45) is 0 Å². The molecule has 3 aromatic rings. The average molecular weight is 313 g/mol. The Morgan fingerprint density at radius 2 is 2.00 bits per heavy atom. The van der Waals surface area contributed by atoms with Crippen molar-refractivity contribution < 1.29 is 18.7 Å². The molecule has 1 aromatic carbocycles. The lowest BCUT2D eigenvalue weighted by Crippen LogP contribution is -2.17. The van der Waals surface area contributed by atoms with Crippen LogP contribution in [0.1, 0.15) is 46.2 Å². The quantitative estimate of drug-likeness (QED) is 0.738. The molecule has 3 rings (SSSR count). The van der Waals surface area contributed by atoms with E-state index in [4.69, 9.17) is 13.9 Å². The number of hydrogen-bond donors (Lipinski definition) is 2. The molecule has 5 nitrogen and oxygen atoms in total. The molecule has 0 spiro atoms. The van der Waals surface area contributed by atoms with Gasteiger partial charge in [0.25, 0.3) is 0 Å². The zero-order valence-corrected chi connectivity index (χ0v) is 13.3. The second kappa shape index (κ2) is 5.93. The molecule has 0 aliphatic rings. The number of rotatable bonds is 5. The number of fused-ring (bicyclic) bond motifs is 1. The van der Waals surface area contributed by atoms with Gasteiger partial charge in [-0.2, -0.15) is 0 Å². The van der Waals surface area contributed by atoms with E-state index in [2.05, 4.69) is 5.32 Å². The SMILES string of the molecule is Cc1cc(CN[C@@H](C)c2oc3ccccc3c2C)oc1C(=O)O. The van der Waals surface area contributed by atoms with Gasteiger partial charge in [0.1, 0.15) is 17.1 Å². The first kappa shape index (κ1) is 15.4. The smallest absolute Gasteiger partial charge is 0.372 e. The first-order valence-electron chi connectivity index (χ1n) is 7.51. The lowest BCUT2D eigenvalue weighted by Gasteiger charge is -2.11. The average Bonchev–Trinajstić information content (AvgIpc) is 3.06. The van der Waals surface area contributed by atoms with Crippen molar-refractivity contribution in [1.29, 1.82) is 0 Å². The highest BCUT2D eigenvalue weighted by Crippen LogP contribution is 2.29. The minimum Gasteiger partial charge on any atom is -0.475 e. The van der Waals surface area contributed by atoms with E-state index in [-0.39, 0.29) is 11.8 Å². The Bertz CT molecular complexity index is 859. The highest BCUT2D eigenvalue weighted by atomic mass is 16.4. The van der Waals surface area contributed by atoms with Crippen LogP contribution in [0.3, 0.4) is 0 Å². The molecule has 2 N–H and O–H groups in total. The number of benzene rings is 1. The normalized spacial score (nSPS) is 12.7. The minimum absolute atomic E-state index is 0.00521. The summed E-state index contributed by atoms with van der Waals surface area (Å²) in [7, 11) is 0. The van der Waals surface area contributed by atoms with Gasteiger partial charge in [-0.15, -0.1) is 0 Å². The van der Waals surface area contributed by atoms with Crippen LogP contribution in [0.2, 0.25) is 0 Å². The number of nitrogens with one attached hydrogen (secondary N) is 1. The van der Waals surface area contributed by atoms with E-state index in [0.29, 0.717) is 17.9 Å². The van der Waals surface area contributed by atoms with Gasteiger partial charge in [0.05, 0.1) is 12.6 Å². The number of aromatic carboxylic acids is 1. The molecular weight excluding hydrogens is 294 g/mol. The predicted octanol–water partition coefficient (Wildman–Crippen LogP) is 4.19. The van der Waals surface area contributed by atoms with E-state index in [1.165, 1.54) is 0 Å². The van der Waals surface area contributed by atoms with Crippen molar-refractivity contribution in [3.05, 3.63) is 58.7 Å². The monoisotopic (exact) mass is 313 g/mol. The van der Waals surface area contributed by atoms with E-state index < -0.39 is 5.97 Å². The molecular formula is C18H19NO4. The van der Waals surface area contributed by atoms with Crippen molar-refractivity contribution >= 4 is 16.9 Å². The number of para-hydroxylation sites is 1. The van der Waals surface area contributed by atoms with Gasteiger partial charge < -0.3 is 19.3 Å². The zero-order chi connectivity index (χ0) is 16.6. The maximum atomic E-state index is 11.0. The highest BCUT2D eigenvalue weighted by molar-refractivity contribution is 5.86. The molecule has 0 fully saturated rings. The first-order valence-corrected chi connectivity index (χ1v) is 7.51. The molecule has 0 bridgehead atoms. The second-order valence-corrected chi connectivity index (χ2v) is 5.72. The van der Waals surface area contributed by atoms with Crippen LogP contribution in [0.5, 0.6) is 0 Å². The van der Waals surface area contributed by atoms with E-state index in [9.17, 15) is 4.79 Å². The fourth-order valence-corrected chi connectivity index (χ4v) is 2.80. The third-order valence-corrected chi connectivity index (χ3v) is 4.02. The molecule has 120 valence electrons. The summed E-state index contributed by atoms with van der Waals surface area (Å²) in [6, 6.07) is 9.67. The summed E-state index contributed by atoms with van der Waals surface area (Å²) in [5.74, 6) is 0.428. The summed E-state index contributed by atoms with van der Waals surface area (Å²) in [5.41, 5.74) is 2.61. The summed E-state index contributed by atoms with van der Waals surface area (Å²) < 4.78 is 11.3. The fourth-order valence-electron chi connectivity index (χ4n) is 2.80. The Morgan fingerprint density at radius 1 is 1.26 bits per heavy atom. The topological polar surface area (TPSA) is 75.6 Å². The van der Waals surface area contributed by atoms with Gasteiger partial charge in [-0.1, -0.05) is 18.2 Å². The molecule has 0 aliphatic carbocycles. The van der Waals surface area contributed by atoms with E-state index >= 15 is 0 Å². The number of aryl methyl sites for hydroxylation is 2. The van der Waals surface area contributed by atoms with Crippen LogP contribution < -0.4 is 5.32 Å². The first-order chi connectivity index (χ1) is 11.0. The summed E-state index contributed by atoms with van der Waals surface area (Å²) >= 11 is 0. The van der Waals surface area contributed by atoms with Gasteiger partial charge in [0.2, 0.25) is 5.76 Å². The number of carboxylic acid groups (broad SMARTS) is 1. The summed E-state index contributed by atoms with van der Waals surface area (Å²) in [6.07, 6.45) is 0. The molecule has 2 aromatic heterocycles. The third-order valence-electron chi connectivity index (χ3n) is 4.02. The third kappa shape index (κ3) is 2.87. The van der Waals surface area contributed by atoms with Crippen molar-refractivity contribution in [2.75, 3.05) is 0 Å². The van der Waals surface area contributed by atoms with Crippen molar-refractivity contribution in [2.45, 2.75) is 33.4 Å². The van der Waals surface area contributed by atoms with Crippen LogP contribution in [-0.4, -0.2) is 11.1 Å². The summed E-state index contributed by atoms with van der Waals surface area (Å²) in [5, 5.41) is 13.4. The van der Waals surface area contributed by atoms with E-state index in [1.54, 1.807) is 13.0 Å². The van der Waals surface area contributed by atoms with Crippen LogP contribution in [-0.2, 0) is 6.54 Å². The fraction of sp³-hybridized carbons (Fsp3) is 0.278. The molecule has 0 amide bonds. The largest absolute Gasteiger partial charge is 0.475 e. The Balaban J connectivity index is 1.76. The van der Waals surface area contributed by atoms with Gasteiger partial charge in [-0.3, -0.25) is 0 Å². The number of hydrogen-bond acceptors (Lipinski definition) is 4. The van der Waals surface area contributed by atoms with Crippen LogP contribution in [0, 0.1) is 13.8 Å². The number of furan rings is 2. The molecule has 0 saturated carbocycles. The van der Waals surface area contributed by atoms with Crippen molar-refractivity contribution in [3.63, 3.8) is 0 Å². The van der Waals surface area contributed by atoms with Crippen molar-refractivity contribution in [3.8, 4) is 0 Å². The predicted molar refractivity (Wildman–Crippen MR) is 86.6 cm³/mol. The van der Waals surface area contributed by atoms with Gasteiger partial charge >= 0.3 is 5.97 Å². The number of carboxylic acids is 1.